The molecule has 1 aliphatic heterocycles. The van der Waals surface area contributed by atoms with Crippen LogP contribution < -0.4 is 0 Å². The Morgan fingerprint density at radius 2 is 2.36 bits per heavy atom. The van der Waals surface area contributed by atoms with Gasteiger partial charge in [0.2, 0.25) is 0 Å². The molecule has 14 heavy (non-hydrogen) atoms. The van der Waals surface area contributed by atoms with E-state index in [4.69, 9.17) is 5.26 Å². The zero-order valence-electron chi connectivity index (χ0n) is 7.02. The molecular formula is C9H5NO3S. The van der Waals surface area contributed by atoms with Gasteiger partial charge in [0, 0.05) is 10.3 Å². The second kappa shape index (κ2) is 3.24. The molecule has 70 valence electrons. The molecule has 1 fully saturated rings. The smallest absolute Gasteiger partial charge is 0.322 e. The topological polar surface area (TPSA) is 67.2 Å². The Morgan fingerprint density at radius 1 is 1.57 bits per heavy atom. The van der Waals surface area contributed by atoms with Gasteiger partial charge in [0.05, 0.1) is 12.0 Å². The fraction of sp³-hybridized carbons (Fsp3) is 0.222. The third-order valence-corrected chi connectivity index (χ3v) is 3.01. The maximum absolute atomic E-state index is 11.2. The van der Waals surface area contributed by atoms with Crippen molar-refractivity contribution in [3.8, 4) is 6.07 Å². The molecule has 1 unspecified atom stereocenters. The molecule has 0 aliphatic carbocycles. The van der Waals surface area contributed by atoms with Crippen LogP contribution in [-0.2, 0) is 14.3 Å². The number of carbonyl (C=O) groups excluding carboxylic acids is 2. The third kappa shape index (κ3) is 1.40. The molecule has 1 aromatic rings. The van der Waals surface area contributed by atoms with Gasteiger partial charge in [-0.1, -0.05) is 0 Å². The highest BCUT2D eigenvalue weighted by Crippen LogP contribution is 2.31. The van der Waals surface area contributed by atoms with Gasteiger partial charge in [-0.3, -0.25) is 9.59 Å². The molecule has 0 spiro atoms. The minimum Gasteiger partial charge on any atom is -0.393 e. The molecule has 0 N–H and O–H groups in total. The predicted octanol–water partition coefficient (Wildman–Crippen LogP) is 1.18. The molecule has 1 saturated heterocycles. The SMILES string of the molecule is N#Cc1csc(C2CC(=O)OC2=O)c1. The maximum atomic E-state index is 11.2. The van der Waals surface area contributed by atoms with Gasteiger partial charge in [-0.05, 0) is 6.07 Å². The van der Waals surface area contributed by atoms with E-state index in [1.54, 1.807) is 11.4 Å². The largest absolute Gasteiger partial charge is 0.393 e. The minimum atomic E-state index is -0.513. The third-order valence-electron chi connectivity index (χ3n) is 1.96. The molecule has 2 rings (SSSR count). The van der Waals surface area contributed by atoms with Gasteiger partial charge in [0.1, 0.15) is 12.0 Å². The Balaban J connectivity index is 2.28. The average Bonchev–Trinajstić information content (AvgIpc) is 2.71. The number of cyclic esters (lactones) is 2. The molecule has 1 atom stereocenters. The first kappa shape index (κ1) is 8.91. The van der Waals surface area contributed by atoms with Crippen molar-refractivity contribution in [1.29, 1.82) is 5.26 Å². The van der Waals surface area contributed by atoms with E-state index < -0.39 is 17.9 Å². The van der Waals surface area contributed by atoms with Crippen LogP contribution in [0, 0.1) is 11.3 Å². The number of ether oxygens (including phenoxy) is 1. The van der Waals surface area contributed by atoms with E-state index in [1.165, 1.54) is 11.3 Å². The van der Waals surface area contributed by atoms with Gasteiger partial charge in [0.15, 0.2) is 0 Å². The van der Waals surface area contributed by atoms with Crippen molar-refractivity contribution in [2.75, 3.05) is 0 Å². The monoisotopic (exact) mass is 207 g/mol. The predicted molar refractivity (Wildman–Crippen MR) is 47.5 cm³/mol. The highest BCUT2D eigenvalue weighted by Gasteiger charge is 2.35. The van der Waals surface area contributed by atoms with Crippen LogP contribution in [0.4, 0.5) is 0 Å². The second-order valence-electron chi connectivity index (χ2n) is 2.90. The van der Waals surface area contributed by atoms with Gasteiger partial charge in [-0.15, -0.1) is 11.3 Å². The zero-order valence-corrected chi connectivity index (χ0v) is 7.84. The zero-order chi connectivity index (χ0) is 10.1. The van der Waals surface area contributed by atoms with Crippen LogP contribution in [0.1, 0.15) is 22.8 Å². The molecule has 0 saturated carbocycles. The van der Waals surface area contributed by atoms with Gasteiger partial charge in [0.25, 0.3) is 0 Å². The molecular weight excluding hydrogens is 202 g/mol. The summed E-state index contributed by atoms with van der Waals surface area (Å²) in [6.07, 6.45) is 0.0875. The van der Waals surface area contributed by atoms with Crippen LogP contribution in [0.3, 0.4) is 0 Å². The number of rotatable bonds is 1. The summed E-state index contributed by atoms with van der Waals surface area (Å²) >= 11 is 1.30. The van der Waals surface area contributed by atoms with Crippen molar-refractivity contribution in [2.45, 2.75) is 12.3 Å². The molecule has 0 radical (unpaired) electrons. The lowest BCUT2D eigenvalue weighted by atomic mass is 10.1. The second-order valence-corrected chi connectivity index (χ2v) is 3.84. The number of hydrogen-bond acceptors (Lipinski definition) is 5. The summed E-state index contributed by atoms with van der Waals surface area (Å²) in [5.41, 5.74) is 0.511. The molecule has 2 heterocycles. The Morgan fingerprint density at radius 3 is 2.86 bits per heavy atom. The van der Waals surface area contributed by atoms with E-state index in [2.05, 4.69) is 4.74 Å². The molecule has 1 aliphatic rings. The van der Waals surface area contributed by atoms with Gasteiger partial charge < -0.3 is 4.74 Å². The first-order valence-corrected chi connectivity index (χ1v) is 4.81. The number of nitriles is 1. The first-order valence-electron chi connectivity index (χ1n) is 3.94. The quantitative estimate of drug-likeness (QED) is 0.512. The maximum Gasteiger partial charge on any atom is 0.322 e. The number of thiophene rings is 1. The number of hydrogen-bond donors (Lipinski definition) is 0. The normalized spacial score (nSPS) is 20.6. The van der Waals surface area contributed by atoms with Crippen LogP contribution in [0.2, 0.25) is 0 Å². The fourth-order valence-electron chi connectivity index (χ4n) is 1.29. The standard InChI is InChI=1S/C9H5NO3S/c10-3-5-1-7(14-4-5)6-2-8(11)13-9(6)12/h1,4,6H,2H2. The Bertz CT molecular complexity index is 443. The summed E-state index contributed by atoms with van der Waals surface area (Å²) in [6, 6.07) is 3.59. The van der Waals surface area contributed by atoms with Crippen LogP contribution in [-0.4, -0.2) is 11.9 Å². The highest BCUT2D eigenvalue weighted by atomic mass is 32.1. The molecule has 1 aromatic heterocycles. The summed E-state index contributed by atoms with van der Waals surface area (Å²) < 4.78 is 4.42. The van der Waals surface area contributed by atoms with E-state index in [9.17, 15) is 9.59 Å². The lowest BCUT2D eigenvalue weighted by Crippen LogP contribution is -2.03. The van der Waals surface area contributed by atoms with E-state index in [0.717, 1.165) is 4.88 Å². The molecule has 0 amide bonds. The molecule has 4 nitrogen and oxygen atoms in total. The van der Waals surface area contributed by atoms with Gasteiger partial charge in [-0.25, -0.2) is 0 Å². The van der Waals surface area contributed by atoms with Gasteiger partial charge in [-0.2, -0.15) is 5.26 Å². The van der Waals surface area contributed by atoms with Crippen molar-refractivity contribution in [3.05, 3.63) is 21.9 Å². The average molecular weight is 207 g/mol. The summed E-state index contributed by atoms with van der Waals surface area (Å²) in [6.45, 7) is 0. The van der Waals surface area contributed by atoms with Crippen molar-refractivity contribution < 1.29 is 14.3 Å². The Hall–Kier alpha value is -1.67. The molecule has 0 bridgehead atoms. The summed E-state index contributed by atoms with van der Waals surface area (Å²) in [7, 11) is 0. The fourth-order valence-corrected chi connectivity index (χ4v) is 2.21. The first-order chi connectivity index (χ1) is 6.70. The van der Waals surface area contributed by atoms with Crippen molar-refractivity contribution in [2.24, 2.45) is 0 Å². The molecule has 5 heteroatoms. The Kier molecular flexibility index (Phi) is 2.06. The number of nitrogens with zero attached hydrogens (tertiary/aromatic N) is 1. The summed E-state index contributed by atoms with van der Waals surface area (Å²) in [5.74, 6) is -1.51. The molecule has 0 aromatic carbocycles. The number of carbonyl (C=O) groups is 2. The lowest BCUT2D eigenvalue weighted by molar-refractivity contribution is -0.152. The number of esters is 2. The van der Waals surface area contributed by atoms with E-state index in [-0.39, 0.29) is 6.42 Å². The highest BCUT2D eigenvalue weighted by molar-refractivity contribution is 7.10. The van der Waals surface area contributed by atoms with E-state index in [0.29, 0.717) is 5.56 Å². The summed E-state index contributed by atoms with van der Waals surface area (Å²) in [5, 5.41) is 10.2. The lowest BCUT2D eigenvalue weighted by Gasteiger charge is -1.97. The summed E-state index contributed by atoms with van der Waals surface area (Å²) in [4.78, 5) is 22.7. The minimum absolute atomic E-state index is 0.0875. The van der Waals surface area contributed by atoms with Crippen LogP contribution in [0.25, 0.3) is 0 Å². The van der Waals surface area contributed by atoms with E-state index in [1.807, 2.05) is 6.07 Å². The van der Waals surface area contributed by atoms with Gasteiger partial charge >= 0.3 is 11.9 Å². The van der Waals surface area contributed by atoms with Crippen molar-refractivity contribution in [1.82, 2.24) is 0 Å². The van der Waals surface area contributed by atoms with E-state index >= 15 is 0 Å². The Labute approximate surface area is 83.7 Å². The van der Waals surface area contributed by atoms with Crippen LogP contribution in [0.15, 0.2) is 11.4 Å². The van der Waals surface area contributed by atoms with Crippen molar-refractivity contribution in [3.63, 3.8) is 0 Å². The van der Waals surface area contributed by atoms with Crippen LogP contribution in [0.5, 0.6) is 0 Å². The van der Waals surface area contributed by atoms with Crippen LogP contribution >= 0.6 is 11.3 Å². The van der Waals surface area contributed by atoms with Crippen molar-refractivity contribution >= 4 is 23.3 Å².